The summed E-state index contributed by atoms with van der Waals surface area (Å²) in [6.45, 7) is 0.545. The molecule has 0 radical (unpaired) electrons. The number of halogens is 2. The average Bonchev–Trinajstić information content (AvgIpc) is 2.83. The summed E-state index contributed by atoms with van der Waals surface area (Å²) < 4.78 is 30.6. The SMILES string of the molecule is Fc1cc(F)cc([N+]2=Cc3cccc4ccn(c34)C2)c1. The summed E-state index contributed by atoms with van der Waals surface area (Å²) in [7, 11) is 0. The van der Waals surface area contributed by atoms with Gasteiger partial charge in [0.15, 0.2) is 6.21 Å². The van der Waals surface area contributed by atoms with E-state index in [1.54, 1.807) is 0 Å². The minimum atomic E-state index is -0.565. The van der Waals surface area contributed by atoms with E-state index >= 15 is 0 Å². The first-order valence-electron chi connectivity index (χ1n) is 6.36. The first-order chi connectivity index (χ1) is 9.70. The molecule has 0 saturated carbocycles. The van der Waals surface area contributed by atoms with Gasteiger partial charge < -0.3 is 0 Å². The molecule has 1 aromatic heterocycles. The summed E-state index contributed by atoms with van der Waals surface area (Å²) in [5.41, 5.74) is 2.71. The number of para-hydroxylation sites is 1. The van der Waals surface area contributed by atoms with Gasteiger partial charge in [-0.3, -0.25) is 4.57 Å². The van der Waals surface area contributed by atoms with Crippen molar-refractivity contribution in [3.05, 3.63) is 65.9 Å². The Morgan fingerprint density at radius 2 is 1.80 bits per heavy atom. The first kappa shape index (κ1) is 11.3. The highest BCUT2D eigenvalue weighted by atomic mass is 19.1. The number of hydrogen-bond acceptors (Lipinski definition) is 0. The van der Waals surface area contributed by atoms with Gasteiger partial charge in [-0.1, -0.05) is 12.1 Å². The maximum absolute atomic E-state index is 13.4. The molecule has 2 aromatic carbocycles. The van der Waals surface area contributed by atoms with Crippen LogP contribution in [0.15, 0.2) is 48.7 Å². The van der Waals surface area contributed by atoms with Crippen molar-refractivity contribution in [3.63, 3.8) is 0 Å². The number of benzene rings is 2. The van der Waals surface area contributed by atoms with Gasteiger partial charge in [-0.15, -0.1) is 0 Å². The van der Waals surface area contributed by atoms with E-state index in [4.69, 9.17) is 0 Å². The van der Waals surface area contributed by atoms with E-state index in [9.17, 15) is 8.78 Å². The van der Waals surface area contributed by atoms with E-state index in [1.165, 1.54) is 17.5 Å². The van der Waals surface area contributed by atoms with Crippen LogP contribution in [0.4, 0.5) is 14.5 Å². The van der Waals surface area contributed by atoms with Crippen LogP contribution in [-0.4, -0.2) is 15.4 Å². The molecule has 4 rings (SSSR count). The number of hydrogen-bond donors (Lipinski definition) is 0. The molecule has 0 atom stereocenters. The first-order valence-corrected chi connectivity index (χ1v) is 6.36. The van der Waals surface area contributed by atoms with Crippen molar-refractivity contribution in [2.24, 2.45) is 0 Å². The lowest BCUT2D eigenvalue weighted by atomic mass is 10.1. The number of rotatable bonds is 1. The zero-order chi connectivity index (χ0) is 13.7. The molecule has 0 fully saturated rings. The lowest BCUT2D eigenvalue weighted by Gasteiger charge is -2.12. The minimum Gasteiger partial charge on any atom is -0.291 e. The highest BCUT2D eigenvalue weighted by Crippen LogP contribution is 2.25. The van der Waals surface area contributed by atoms with Crippen LogP contribution in [0, 0.1) is 11.6 Å². The topological polar surface area (TPSA) is 7.94 Å². The highest BCUT2D eigenvalue weighted by Gasteiger charge is 2.20. The van der Waals surface area contributed by atoms with Crippen LogP contribution >= 0.6 is 0 Å². The van der Waals surface area contributed by atoms with Crippen molar-refractivity contribution in [2.45, 2.75) is 6.67 Å². The van der Waals surface area contributed by atoms with Crippen LogP contribution in [0.2, 0.25) is 0 Å². The van der Waals surface area contributed by atoms with Gasteiger partial charge in [-0.25, -0.2) is 8.78 Å². The molecule has 0 saturated heterocycles. The molecule has 2 nitrogen and oxygen atoms in total. The third-order valence-electron chi connectivity index (χ3n) is 3.60. The molecule has 3 aromatic rings. The quantitative estimate of drug-likeness (QED) is 0.596. The van der Waals surface area contributed by atoms with Gasteiger partial charge >= 0.3 is 0 Å². The van der Waals surface area contributed by atoms with Gasteiger partial charge in [0.05, 0.1) is 11.1 Å². The maximum Gasteiger partial charge on any atom is 0.228 e. The van der Waals surface area contributed by atoms with Crippen LogP contribution in [0.3, 0.4) is 0 Å². The average molecular weight is 269 g/mol. The standard InChI is InChI=1S/C16H11F2N2/c17-13-6-14(18)8-15(7-13)20-9-12-3-1-2-11-4-5-19(10-20)16(11)12/h1-9H,10H2/q+1. The maximum atomic E-state index is 13.4. The second-order valence-electron chi connectivity index (χ2n) is 4.94. The molecule has 0 amide bonds. The fourth-order valence-electron chi connectivity index (χ4n) is 2.75. The summed E-state index contributed by atoms with van der Waals surface area (Å²) in [5.74, 6) is -1.13. The molecule has 1 aliphatic rings. The third kappa shape index (κ3) is 1.65. The second-order valence-corrected chi connectivity index (χ2v) is 4.94. The van der Waals surface area contributed by atoms with Crippen molar-refractivity contribution >= 4 is 22.8 Å². The predicted molar refractivity (Wildman–Crippen MR) is 73.4 cm³/mol. The van der Waals surface area contributed by atoms with Crippen LogP contribution in [0.25, 0.3) is 10.9 Å². The van der Waals surface area contributed by atoms with E-state index in [1.807, 2.05) is 35.2 Å². The highest BCUT2D eigenvalue weighted by molar-refractivity contribution is 5.97. The lowest BCUT2D eigenvalue weighted by Crippen LogP contribution is -2.18. The molecule has 0 bridgehead atoms. The molecule has 1 aliphatic heterocycles. The minimum absolute atomic E-state index is 0.513. The molecule has 2 heterocycles. The van der Waals surface area contributed by atoms with Crippen molar-refractivity contribution in [1.82, 2.24) is 4.57 Å². The molecule has 0 N–H and O–H groups in total. The van der Waals surface area contributed by atoms with Gasteiger partial charge in [0.25, 0.3) is 0 Å². The monoisotopic (exact) mass is 269 g/mol. The van der Waals surface area contributed by atoms with Gasteiger partial charge in [-0.05, 0) is 12.1 Å². The Morgan fingerprint density at radius 1 is 1.00 bits per heavy atom. The molecule has 98 valence electrons. The normalized spacial score (nSPS) is 13.6. The van der Waals surface area contributed by atoms with Crippen LogP contribution in [-0.2, 0) is 6.67 Å². The van der Waals surface area contributed by atoms with Gasteiger partial charge in [0.2, 0.25) is 12.4 Å². The zero-order valence-electron chi connectivity index (χ0n) is 10.6. The van der Waals surface area contributed by atoms with E-state index in [-0.39, 0.29) is 0 Å². The Labute approximate surface area is 114 Å². The second kappa shape index (κ2) is 4.00. The predicted octanol–water partition coefficient (Wildman–Crippen LogP) is 3.65. The molecular weight excluding hydrogens is 258 g/mol. The summed E-state index contributed by atoms with van der Waals surface area (Å²) in [6, 6.07) is 11.6. The van der Waals surface area contributed by atoms with Gasteiger partial charge in [0.1, 0.15) is 11.6 Å². The van der Waals surface area contributed by atoms with Crippen molar-refractivity contribution in [1.29, 1.82) is 0 Å². The Bertz CT molecular complexity index is 842. The third-order valence-corrected chi connectivity index (χ3v) is 3.60. The van der Waals surface area contributed by atoms with E-state index in [2.05, 4.69) is 10.6 Å². The molecule has 0 unspecified atom stereocenters. The molecule has 0 spiro atoms. The van der Waals surface area contributed by atoms with Crippen LogP contribution in [0.1, 0.15) is 5.56 Å². The smallest absolute Gasteiger partial charge is 0.228 e. The van der Waals surface area contributed by atoms with Crippen molar-refractivity contribution < 1.29 is 13.4 Å². The lowest BCUT2D eigenvalue weighted by molar-refractivity contribution is -0.472. The van der Waals surface area contributed by atoms with Crippen molar-refractivity contribution in [2.75, 3.05) is 0 Å². The molecular formula is C16H11F2N2+. The molecule has 0 aliphatic carbocycles. The summed E-state index contributed by atoms with van der Waals surface area (Å²) in [6.07, 6.45) is 3.92. The Morgan fingerprint density at radius 3 is 2.60 bits per heavy atom. The zero-order valence-corrected chi connectivity index (χ0v) is 10.6. The van der Waals surface area contributed by atoms with Crippen LogP contribution in [0.5, 0.6) is 0 Å². The van der Waals surface area contributed by atoms with E-state index in [0.29, 0.717) is 12.4 Å². The van der Waals surface area contributed by atoms with E-state index < -0.39 is 11.6 Å². The molecule has 20 heavy (non-hydrogen) atoms. The Kier molecular flexibility index (Phi) is 2.27. The largest absolute Gasteiger partial charge is 0.291 e. The Hall–Kier alpha value is -2.49. The summed E-state index contributed by atoms with van der Waals surface area (Å²) in [4.78, 5) is 0. The number of aromatic nitrogens is 1. The van der Waals surface area contributed by atoms with Gasteiger partial charge in [0, 0.05) is 29.8 Å². The van der Waals surface area contributed by atoms with Crippen LogP contribution < -0.4 is 0 Å². The Balaban J connectivity index is 1.91. The summed E-state index contributed by atoms with van der Waals surface area (Å²) >= 11 is 0. The van der Waals surface area contributed by atoms with Crippen molar-refractivity contribution in [3.8, 4) is 0 Å². The summed E-state index contributed by atoms with van der Waals surface area (Å²) in [5, 5.41) is 1.17. The van der Waals surface area contributed by atoms with Gasteiger partial charge in [-0.2, -0.15) is 4.58 Å². The fraction of sp³-hybridized carbons (Fsp3) is 0.0625. The fourth-order valence-corrected chi connectivity index (χ4v) is 2.75. The number of nitrogens with zero attached hydrogens (tertiary/aromatic N) is 2. The molecule has 4 heteroatoms. The van der Waals surface area contributed by atoms with E-state index in [0.717, 1.165) is 17.1 Å².